The molecule has 1 heteroatoms. The van der Waals surface area contributed by atoms with Gasteiger partial charge in [0.2, 0.25) is 0 Å². The third kappa shape index (κ3) is 4.28. The minimum absolute atomic E-state index is 0.284. The van der Waals surface area contributed by atoms with E-state index in [2.05, 4.69) is 52.0 Å². The van der Waals surface area contributed by atoms with Crippen LogP contribution in [0.2, 0.25) is 0 Å². The Hall–Kier alpha value is -1.03. The van der Waals surface area contributed by atoms with Crippen LogP contribution < -0.4 is 0 Å². The Morgan fingerprint density at radius 3 is 2.36 bits per heavy atom. The van der Waals surface area contributed by atoms with Crippen LogP contribution in [-0.4, -0.2) is 0 Å². The van der Waals surface area contributed by atoms with Gasteiger partial charge in [0.25, 0.3) is 0 Å². The Kier molecular flexibility index (Phi) is 5.95. The van der Waals surface area contributed by atoms with Crippen LogP contribution in [0.4, 0.5) is 0 Å². The first-order valence-corrected chi connectivity index (χ1v) is 5.32. The Labute approximate surface area is 88.1 Å². The zero-order valence-electron chi connectivity index (χ0n) is 9.80. The van der Waals surface area contributed by atoms with Crippen LogP contribution in [0.25, 0.3) is 0 Å². The van der Waals surface area contributed by atoms with Crippen molar-refractivity contribution in [3.05, 3.63) is 23.8 Å². The first-order valence-electron chi connectivity index (χ1n) is 5.32. The summed E-state index contributed by atoms with van der Waals surface area (Å²) in [6.07, 6.45) is 9.01. The fraction of sp³-hybridized carbons (Fsp3) is 0.615. The van der Waals surface area contributed by atoms with E-state index < -0.39 is 0 Å². The third-order valence-electron chi connectivity index (χ3n) is 2.40. The van der Waals surface area contributed by atoms with Gasteiger partial charge in [0.1, 0.15) is 0 Å². The fourth-order valence-electron chi connectivity index (χ4n) is 1.22. The molecule has 0 aliphatic rings. The molecule has 0 heterocycles. The predicted octanol–water partition coefficient (Wildman–Crippen LogP) is 4.23. The lowest BCUT2D eigenvalue weighted by Gasteiger charge is -2.19. The van der Waals surface area contributed by atoms with Crippen molar-refractivity contribution >= 4 is 0 Å². The van der Waals surface area contributed by atoms with Gasteiger partial charge in [0, 0.05) is 0 Å². The number of hydrogen-bond acceptors (Lipinski definition) is 1. The summed E-state index contributed by atoms with van der Waals surface area (Å²) in [5.41, 5.74) is 0.996. The summed E-state index contributed by atoms with van der Waals surface area (Å²) in [6.45, 7) is 8.31. The van der Waals surface area contributed by atoms with Gasteiger partial charge in [-0.1, -0.05) is 37.6 Å². The zero-order valence-corrected chi connectivity index (χ0v) is 9.80. The fourth-order valence-corrected chi connectivity index (χ4v) is 1.22. The second kappa shape index (κ2) is 6.43. The summed E-state index contributed by atoms with van der Waals surface area (Å²) < 4.78 is 0. The molecule has 0 aliphatic heterocycles. The number of nitrogens with zero attached hydrogens (tertiary/aromatic N) is 1. The van der Waals surface area contributed by atoms with E-state index >= 15 is 0 Å². The van der Waals surface area contributed by atoms with Crippen molar-refractivity contribution in [2.45, 2.75) is 47.0 Å². The van der Waals surface area contributed by atoms with Crippen molar-refractivity contribution in [2.75, 3.05) is 0 Å². The number of rotatable bonds is 5. The molecule has 1 nitrogen and oxygen atoms in total. The van der Waals surface area contributed by atoms with Crippen LogP contribution in [0.5, 0.6) is 0 Å². The maximum Gasteiger partial charge on any atom is 0.0785 e. The van der Waals surface area contributed by atoms with E-state index in [1.165, 1.54) is 5.57 Å². The number of hydrogen-bond donors (Lipinski definition) is 0. The number of allylic oxidation sites excluding steroid dienone is 4. The summed E-state index contributed by atoms with van der Waals surface area (Å²) in [6, 6.07) is 2.42. The smallest absolute Gasteiger partial charge is 0.0785 e. The minimum atomic E-state index is -0.284. The first-order chi connectivity index (χ1) is 6.60. The van der Waals surface area contributed by atoms with E-state index in [4.69, 9.17) is 0 Å². The highest BCUT2D eigenvalue weighted by Gasteiger charge is 2.22. The first kappa shape index (κ1) is 13.0. The topological polar surface area (TPSA) is 23.8 Å². The molecular formula is C13H21N. The maximum absolute atomic E-state index is 9.19. The quantitative estimate of drug-likeness (QED) is 0.596. The molecule has 14 heavy (non-hydrogen) atoms. The lowest BCUT2D eigenvalue weighted by molar-refractivity contribution is 0.493. The van der Waals surface area contributed by atoms with Crippen LogP contribution >= 0.6 is 0 Å². The van der Waals surface area contributed by atoms with Crippen LogP contribution in [0.15, 0.2) is 23.8 Å². The third-order valence-corrected chi connectivity index (χ3v) is 2.40. The highest BCUT2D eigenvalue weighted by atomic mass is 14.3. The van der Waals surface area contributed by atoms with Crippen molar-refractivity contribution in [1.82, 2.24) is 0 Å². The molecule has 0 fully saturated rings. The highest BCUT2D eigenvalue weighted by Crippen LogP contribution is 2.28. The van der Waals surface area contributed by atoms with Crippen LogP contribution in [0.1, 0.15) is 47.0 Å². The molecule has 0 spiro atoms. The molecule has 0 aromatic heterocycles. The molecule has 0 radical (unpaired) electrons. The van der Waals surface area contributed by atoms with Gasteiger partial charge in [0.15, 0.2) is 0 Å². The largest absolute Gasteiger partial charge is 0.197 e. The lowest BCUT2D eigenvalue weighted by Crippen LogP contribution is -2.13. The van der Waals surface area contributed by atoms with Crippen molar-refractivity contribution in [3.8, 4) is 6.07 Å². The van der Waals surface area contributed by atoms with Gasteiger partial charge in [-0.25, -0.2) is 0 Å². The van der Waals surface area contributed by atoms with Gasteiger partial charge in [-0.2, -0.15) is 5.26 Å². The molecule has 78 valence electrons. The van der Waals surface area contributed by atoms with Gasteiger partial charge in [-0.3, -0.25) is 0 Å². The lowest BCUT2D eigenvalue weighted by atomic mass is 9.82. The Bertz CT molecular complexity index is 251. The van der Waals surface area contributed by atoms with E-state index in [0.717, 1.165) is 19.3 Å². The summed E-state index contributed by atoms with van der Waals surface area (Å²) in [5.74, 6) is 0. The zero-order chi connectivity index (χ0) is 11.0. The molecule has 0 saturated heterocycles. The van der Waals surface area contributed by atoms with Crippen molar-refractivity contribution in [2.24, 2.45) is 5.41 Å². The molecule has 1 unspecified atom stereocenters. The van der Waals surface area contributed by atoms with E-state index in [9.17, 15) is 5.26 Å². The average molecular weight is 191 g/mol. The Balaban J connectivity index is 4.64. The molecular weight excluding hydrogens is 170 g/mol. The van der Waals surface area contributed by atoms with Gasteiger partial charge in [-0.05, 0) is 33.1 Å². The molecule has 0 aromatic rings. The molecule has 1 atom stereocenters. The standard InChI is InChI=1S/C13H21N/c1-5-7-9-13(6-2,11-14)10-8-12(3)4/h7-9H,5-6,10H2,1-4H3/b9-7+. The summed E-state index contributed by atoms with van der Waals surface area (Å²) in [7, 11) is 0. The Morgan fingerprint density at radius 2 is 2.00 bits per heavy atom. The molecule has 0 amide bonds. The molecule has 0 bridgehead atoms. The summed E-state index contributed by atoms with van der Waals surface area (Å²) in [5, 5.41) is 9.19. The second-order valence-electron chi connectivity index (χ2n) is 3.92. The average Bonchev–Trinajstić information content (AvgIpc) is 2.19. The minimum Gasteiger partial charge on any atom is -0.197 e. The number of nitriles is 1. The highest BCUT2D eigenvalue weighted by molar-refractivity contribution is 5.15. The van der Waals surface area contributed by atoms with Crippen LogP contribution in [-0.2, 0) is 0 Å². The molecule has 0 aliphatic carbocycles. The molecule has 0 saturated carbocycles. The van der Waals surface area contributed by atoms with Crippen molar-refractivity contribution < 1.29 is 0 Å². The SMILES string of the molecule is CC/C=C/C(C#N)(CC)CC=C(C)C. The van der Waals surface area contributed by atoms with Gasteiger partial charge in [-0.15, -0.1) is 0 Å². The van der Waals surface area contributed by atoms with Gasteiger partial charge >= 0.3 is 0 Å². The Morgan fingerprint density at radius 1 is 1.36 bits per heavy atom. The predicted molar refractivity (Wildman–Crippen MR) is 61.8 cm³/mol. The van der Waals surface area contributed by atoms with Gasteiger partial charge < -0.3 is 0 Å². The second-order valence-corrected chi connectivity index (χ2v) is 3.92. The normalized spacial score (nSPS) is 14.8. The van der Waals surface area contributed by atoms with E-state index in [-0.39, 0.29) is 5.41 Å². The van der Waals surface area contributed by atoms with E-state index in [0.29, 0.717) is 0 Å². The van der Waals surface area contributed by atoms with Gasteiger partial charge in [0.05, 0.1) is 11.5 Å². The summed E-state index contributed by atoms with van der Waals surface area (Å²) in [4.78, 5) is 0. The van der Waals surface area contributed by atoms with Crippen molar-refractivity contribution in [3.63, 3.8) is 0 Å². The van der Waals surface area contributed by atoms with E-state index in [1.54, 1.807) is 0 Å². The molecule has 0 aromatic carbocycles. The van der Waals surface area contributed by atoms with Crippen molar-refractivity contribution in [1.29, 1.82) is 5.26 Å². The van der Waals surface area contributed by atoms with Crippen LogP contribution in [0.3, 0.4) is 0 Å². The molecule has 0 rings (SSSR count). The van der Waals surface area contributed by atoms with Crippen LogP contribution in [0, 0.1) is 16.7 Å². The molecule has 0 N–H and O–H groups in total. The maximum atomic E-state index is 9.19. The monoisotopic (exact) mass is 191 g/mol. The summed E-state index contributed by atoms with van der Waals surface area (Å²) >= 11 is 0. The van der Waals surface area contributed by atoms with E-state index in [1.807, 2.05) is 0 Å².